The van der Waals surface area contributed by atoms with Crippen LogP contribution in [0.15, 0.2) is 165 Å². The molecule has 0 unspecified atom stereocenters. The second-order valence-electron chi connectivity index (χ2n) is 29.7. The lowest BCUT2D eigenvalue weighted by Gasteiger charge is -2.33. The van der Waals surface area contributed by atoms with Gasteiger partial charge in [0, 0.05) is 93.7 Å². The number of nitrogens with two attached hydrogens (primary N) is 2. The molecule has 33 heteroatoms. The summed E-state index contributed by atoms with van der Waals surface area (Å²) in [6.45, 7) is 13.7. The van der Waals surface area contributed by atoms with Crippen molar-refractivity contribution >= 4 is 160 Å². The lowest BCUT2D eigenvalue weighted by molar-refractivity contribution is -0.114. The van der Waals surface area contributed by atoms with E-state index >= 15 is 0 Å². The van der Waals surface area contributed by atoms with Crippen LogP contribution in [0.1, 0.15) is 110 Å². The first-order valence-corrected chi connectivity index (χ1v) is 40.9. The Morgan fingerprint density at radius 2 is 1.02 bits per heavy atom. The van der Waals surface area contributed by atoms with E-state index in [1.54, 1.807) is 90.1 Å². The van der Waals surface area contributed by atoms with Gasteiger partial charge in [0.25, 0.3) is 0 Å². The first kappa shape index (κ1) is 94.2. The fourth-order valence-electron chi connectivity index (χ4n) is 12.8. The van der Waals surface area contributed by atoms with Crippen molar-refractivity contribution in [1.82, 2.24) is 73.9 Å². The van der Waals surface area contributed by atoms with Crippen LogP contribution in [0.5, 0.6) is 5.75 Å². The summed E-state index contributed by atoms with van der Waals surface area (Å²) < 4.78 is 17.4. The number of carbonyl (C=O) groups is 4. The van der Waals surface area contributed by atoms with Gasteiger partial charge < -0.3 is 46.1 Å². The molecule has 3 amide bonds. The van der Waals surface area contributed by atoms with Gasteiger partial charge in [-0.05, 0) is 247 Å². The highest BCUT2D eigenvalue weighted by atomic mass is 127. The summed E-state index contributed by atoms with van der Waals surface area (Å²) in [5.74, 6) is 1.71. The average molecular weight is 1870 g/mol. The second-order valence-corrected chi connectivity index (χ2v) is 32.2. The Morgan fingerprint density at radius 1 is 0.571 bits per heavy atom. The smallest absolute Gasteiger partial charge is 0.488 e. The summed E-state index contributed by atoms with van der Waals surface area (Å²) >= 11 is 9.38. The number of likely N-dealkylation sites (N-methyl/N-ethyl adjacent to an activating group) is 5. The van der Waals surface area contributed by atoms with Crippen LogP contribution in [-0.4, -0.2) is 207 Å². The largest absolute Gasteiger partial charge is 0.496 e. The molecule has 0 spiro atoms. The van der Waals surface area contributed by atoms with Crippen molar-refractivity contribution in [2.24, 2.45) is 0 Å². The fraction of sp³-hybridized carbons (Fsp3) is 0.360. The Kier molecular flexibility index (Phi) is 34.5. The van der Waals surface area contributed by atoms with Crippen LogP contribution in [-0.2, 0) is 19.1 Å². The first-order chi connectivity index (χ1) is 55.9. The number of nitrogens with zero attached hydrogens (tertiary/aromatic N) is 17. The molecule has 0 aliphatic heterocycles. The number of hydrogen-bond donors (Lipinski definition) is 6. The van der Waals surface area contributed by atoms with Crippen molar-refractivity contribution in [1.29, 1.82) is 0 Å². The molecule has 119 heavy (non-hydrogen) atoms. The Bertz CT molecular complexity index is 5410. The molecule has 0 radical (unpaired) electrons. The van der Waals surface area contributed by atoms with E-state index in [4.69, 9.17) is 47.7 Å². The van der Waals surface area contributed by atoms with Crippen molar-refractivity contribution in [3.8, 4) is 34.1 Å². The van der Waals surface area contributed by atoms with E-state index in [1.807, 2.05) is 143 Å². The minimum Gasteiger partial charge on any atom is -0.496 e. The van der Waals surface area contributed by atoms with E-state index in [1.165, 1.54) is 82.8 Å². The Morgan fingerprint density at radius 3 is 1.48 bits per heavy atom. The predicted molar refractivity (Wildman–Crippen MR) is 495 cm³/mol. The van der Waals surface area contributed by atoms with Crippen LogP contribution >= 0.6 is 56.8 Å². The van der Waals surface area contributed by atoms with Gasteiger partial charge in [0.1, 0.15) is 55.1 Å². The summed E-state index contributed by atoms with van der Waals surface area (Å²) in [6.07, 6.45) is 25.6. The highest BCUT2D eigenvalue weighted by Gasteiger charge is 2.27. The van der Waals surface area contributed by atoms with Crippen LogP contribution in [0, 0.1) is 28.2 Å². The molecule has 6 aromatic heterocycles. The molecule has 630 valence electrons. The molecule has 11 aromatic rings. The minimum atomic E-state index is -1.35. The molecular weight excluding hydrogens is 1760 g/mol. The van der Waals surface area contributed by atoms with Crippen LogP contribution in [0.25, 0.3) is 61.4 Å². The van der Waals surface area contributed by atoms with Crippen LogP contribution in [0.2, 0.25) is 0 Å². The Labute approximate surface area is 729 Å². The van der Waals surface area contributed by atoms with Crippen LogP contribution in [0.4, 0.5) is 39.3 Å². The van der Waals surface area contributed by atoms with Crippen LogP contribution in [0.3, 0.4) is 0 Å². The second kappa shape index (κ2) is 43.6. The van der Waals surface area contributed by atoms with Gasteiger partial charge in [-0.25, -0.2) is 48.7 Å². The third kappa shape index (κ3) is 24.7. The molecule has 0 saturated heterocycles. The van der Waals surface area contributed by atoms with Gasteiger partial charge in [0.05, 0.1) is 40.3 Å². The lowest BCUT2D eigenvalue weighted by Crippen LogP contribution is -2.37. The van der Waals surface area contributed by atoms with Gasteiger partial charge in [0.15, 0.2) is 22.8 Å². The lowest BCUT2D eigenvalue weighted by atomic mass is 9.79. The molecular formula is C86H109BClI2N21O8. The van der Waals surface area contributed by atoms with Gasteiger partial charge in [-0.1, -0.05) is 101 Å². The number of carbonyl (C=O) groups excluding carboxylic acids is 4. The van der Waals surface area contributed by atoms with Crippen molar-refractivity contribution in [3.63, 3.8) is 0 Å². The number of methoxy groups -OCH3 is 1. The maximum absolute atomic E-state index is 12.9. The van der Waals surface area contributed by atoms with E-state index in [2.05, 4.69) is 132 Å². The molecule has 6 heterocycles. The molecule has 3 aliphatic carbocycles. The summed E-state index contributed by atoms with van der Waals surface area (Å²) in [4.78, 5) is 83.7. The van der Waals surface area contributed by atoms with Crippen molar-refractivity contribution in [3.05, 3.63) is 189 Å². The quantitative estimate of drug-likeness (QED) is 0.0159. The number of aryl methyl sites for hydroxylation is 3. The van der Waals surface area contributed by atoms with Gasteiger partial charge >= 0.3 is 13.2 Å². The van der Waals surface area contributed by atoms with E-state index < -0.39 is 24.1 Å². The zero-order valence-electron chi connectivity index (χ0n) is 68.1. The molecule has 0 bridgehead atoms. The summed E-state index contributed by atoms with van der Waals surface area (Å²) in [7, 11) is 12.0. The summed E-state index contributed by atoms with van der Waals surface area (Å²) in [6, 6.07) is 36.3. The average Bonchev–Trinajstić information content (AvgIpc) is 1.62. The number of nitrogens with one attached hydrogen (secondary N) is 2. The van der Waals surface area contributed by atoms with Gasteiger partial charge in [-0.15, -0.1) is 0 Å². The molecule has 3 saturated carbocycles. The van der Waals surface area contributed by atoms with E-state index in [0.717, 1.165) is 96.9 Å². The van der Waals surface area contributed by atoms with Crippen molar-refractivity contribution in [2.75, 3.05) is 101 Å². The number of aromatic nitrogens is 12. The number of ether oxygens (including phenoxy) is 2. The number of rotatable bonds is 22. The predicted octanol–water partition coefficient (Wildman–Crippen LogP) is 14.2. The minimum absolute atomic E-state index is 0. The standard InChI is InChI=1S/C29H33N7O2.C21H24IN7O.C17H19IN6O2.C9H14ClNO.C8H11BO2.2CH4/c1-19-13-14-20(16-24(19)38-4)27-26-28(30)31-18-32-29(26)36(33-27)23-11-6-10-22(17-23)35(3)25(37)12-7-15-34(2)21-8-5-9-21;1-27(14-6-3-7-14)11-5-10-17(30)28(2)15-8-4-9-16(12-15)29-21-18(19(22)26-29)20(23)24-13-25-21;1-17(2,3)26-16(25)22-14-12-13(18)23-24(15(12)21-9-20-14)11-7-5-6-10(8-11)19-4;1-11(8-4-2-5-8)7-3-6-9(10)12;1-6-3-4-8(9(10)11)5-7(6)2;;/h6-7,10-14,16-18,21H,5,8-9,15H2,1-4H3,(H2,30,31,32);4-5,8-10,12-14H,3,6-7,11H2,1-2H3,(H2,23,24,25);5-9,19H,1-4H3,(H,20,21,22,25);3,6,8H,2,4-5,7H2,1H3;3-5,10-11H,1-2H3;2*1H4/b12-7+;10-5+;;6-3+;;;. The number of fused-ring (bicyclic) bond motifs is 3. The third-order valence-corrected chi connectivity index (χ3v) is 22.1. The maximum Gasteiger partial charge on any atom is 0.488 e. The molecule has 0 atom stereocenters. The Balaban J connectivity index is 0.000000197. The molecule has 3 fully saturated rings. The van der Waals surface area contributed by atoms with Gasteiger partial charge in [-0.2, -0.15) is 15.3 Å². The van der Waals surface area contributed by atoms with Gasteiger partial charge in [-0.3, -0.25) is 34.4 Å². The van der Waals surface area contributed by atoms with Crippen molar-refractivity contribution in [2.45, 2.75) is 138 Å². The monoisotopic (exact) mass is 1860 g/mol. The molecule has 5 aromatic carbocycles. The summed E-state index contributed by atoms with van der Waals surface area (Å²) in [5.41, 5.74) is 23.7. The molecule has 14 rings (SSSR count). The number of benzene rings is 5. The number of hydrogen-bond acceptors (Lipinski definition) is 23. The number of halogens is 3. The van der Waals surface area contributed by atoms with E-state index in [-0.39, 0.29) is 26.7 Å². The number of amides is 3. The SMILES string of the molecule is C.C.CN(C(=O)/C=C/CN(C)C1CCC1)c1cccc(-n2nc(I)c3c(N)ncnc32)c1.CN(C/C=C/C(=O)Cl)C1CCC1.CNc1cccc(-n2nc(I)c3c(NC(=O)OC(C)(C)C)ncnc32)c1.COc1cc(-c2nn(-c3cccc(N(C)C(=O)/C=C/CN(C)C4CCC4)c3)c3ncnc(N)c23)ccc1C.Cc1ccc(B(O)O)cc1C. The molecule has 29 nitrogen and oxygen atoms in total. The third-order valence-electron chi connectivity index (χ3n) is 20.5. The van der Waals surface area contributed by atoms with Crippen LogP contribution < -0.4 is 42.1 Å². The zero-order valence-corrected chi connectivity index (χ0v) is 73.2. The molecule has 8 N–H and O–H groups in total. The molecule has 3 aliphatic rings. The topological polar surface area (TPSA) is 350 Å². The zero-order chi connectivity index (χ0) is 84.4. The number of anilines is 6. The van der Waals surface area contributed by atoms with E-state index in [0.29, 0.717) is 72.1 Å². The summed E-state index contributed by atoms with van der Waals surface area (Å²) in [5, 5.41) is 39.1. The number of nitrogen functional groups attached to an aromatic ring is 2. The van der Waals surface area contributed by atoms with Gasteiger partial charge in [0.2, 0.25) is 17.1 Å². The fourth-order valence-corrected chi connectivity index (χ4v) is 14.3. The first-order valence-electron chi connectivity index (χ1n) is 38.4. The maximum atomic E-state index is 12.9. The van der Waals surface area contributed by atoms with E-state index in [9.17, 15) is 19.2 Å². The highest BCUT2D eigenvalue weighted by Crippen LogP contribution is 2.36. The highest BCUT2D eigenvalue weighted by molar-refractivity contribution is 14.1. The normalized spacial score (nSPS) is 13.4. The van der Waals surface area contributed by atoms with Crippen molar-refractivity contribution < 1.29 is 38.7 Å². The Hall–Kier alpha value is -10.3. The number of allylic oxidation sites excluding steroid dienone is 1.